The molecule has 2 aliphatic rings. The number of piperazine rings is 1. The van der Waals surface area contributed by atoms with Gasteiger partial charge in [0, 0.05) is 67.3 Å². The van der Waals surface area contributed by atoms with Crippen LogP contribution in [-0.4, -0.2) is 61.6 Å². The van der Waals surface area contributed by atoms with Crippen LogP contribution in [-0.2, 0) is 11.2 Å². The van der Waals surface area contributed by atoms with Gasteiger partial charge in [0.15, 0.2) is 0 Å². The highest BCUT2D eigenvalue weighted by Crippen LogP contribution is 2.30. The Labute approximate surface area is 200 Å². The van der Waals surface area contributed by atoms with E-state index in [9.17, 15) is 4.79 Å². The molecule has 0 atom stereocenters. The van der Waals surface area contributed by atoms with E-state index in [0.717, 1.165) is 22.6 Å². The van der Waals surface area contributed by atoms with Gasteiger partial charge < -0.3 is 14.5 Å². The van der Waals surface area contributed by atoms with Gasteiger partial charge in [-0.25, -0.2) is 4.98 Å². The number of carbonyl (C=O) groups excluding carboxylic acids is 1. The number of hydrogen-bond acceptors (Lipinski definition) is 7. The van der Waals surface area contributed by atoms with E-state index in [4.69, 9.17) is 21.4 Å². The van der Waals surface area contributed by atoms with Crippen LogP contribution in [0.25, 0.3) is 17.0 Å². The van der Waals surface area contributed by atoms with E-state index < -0.39 is 0 Å². The lowest BCUT2D eigenvalue weighted by Gasteiger charge is -2.34. The summed E-state index contributed by atoms with van der Waals surface area (Å²) in [5, 5.41) is 5.33. The highest BCUT2D eigenvalue weighted by atomic mass is 35.5. The molecule has 0 aliphatic carbocycles. The molecule has 0 bridgehead atoms. The molecular formula is C24H20ClN7O2. The van der Waals surface area contributed by atoms with Gasteiger partial charge in [0.25, 0.3) is 11.7 Å². The molecule has 0 radical (unpaired) electrons. The van der Waals surface area contributed by atoms with E-state index in [1.165, 1.54) is 0 Å². The molecule has 3 aromatic heterocycles. The van der Waals surface area contributed by atoms with Crippen LogP contribution in [0.5, 0.6) is 5.75 Å². The molecule has 0 N–H and O–H groups in total. The normalized spacial score (nSPS) is 15.6. The van der Waals surface area contributed by atoms with Gasteiger partial charge in [-0.05, 0) is 36.4 Å². The summed E-state index contributed by atoms with van der Waals surface area (Å²) in [5.41, 5.74) is 3.35. The third-order valence-electron chi connectivity index (χ3n) is 6.04. The number of rotatable bonds is 3. The molecule has 1 fully saturated rings. The molecule has 0 unspecified atom stereocenters. The van der Waals surface area contributed by atoms with Crippen LogP contribution in [0, 0.1) is 0 Å². The second-order valence-corrected chi connectivity index (χ2v) is 8.60. The van der Waals surface area contributed by atoms with Crippen molar-refractivity contribution in [3.8, 4) is 17.0 Å². The van der Waals surface area contributed by atoms with Crippen molar-refractivity contribution in [3.63, 3.8) is 0 Å². The lowest BCUT2D eigenvalue weighted by Crippen LogP contribution is -2.49. The summed E-state index contributed by atoms with van der Waals surface area (Å²) in [5.74, 6) is 1.84. The minimum Gasteiger partial charge on any atom is -0.464 e. The number of hydrogen-bond donors (Lipinski definition) is 0. The molecule has 34 heavy (non-hydrogen) atoms. The first-order valence-corrected chi connectivity index (χ1v) is 11.3. The van der Waals surface area contributed by atoms with Crippen LogP contribution in [0.1, 0.15) is 5.56 Å². The summed E-state index contributed by atoms with van der Waals surface area (Å²) < 4.78 is 7.39. The van der Waals surface area contributed by atoms with Gasteiger partial charge in [-0.1, -0.05) is 11.6 Å². The van der Waals surface area contributed by atoms with Crippen molar-refractivity contribution in [1.82, 2.24) is 29.5 Å². The van der Waals surface area contributed by atoms with Gasteiger partial charge in [0.2, 0.25) is 5.95 Å². The second-order valence-electron chi connectivity index (χ2n) is 8.16. The SMILES string of the molecule is O=C(C1=COc2ccc(Cl)cc2C1)N1CCN(c2nc3nccc(-c4cccnc4)n3n2)CC1. The predicted molar refractivity (Wildman–Crippen MR) is 127 cm³/mol. The lowest BCUT2D eigenvalue weighted by atomic mass is 10.0. The second kappa shape index (κ2) is 8.42. The minimum absolute atomic E-state index is 0.0197. The molecule has 1 amide bonds. The molecule has 6 rings (SSSR count). The maximum atomic E-state index is 13.1. The third-order valence-corrected chi connectivity index (χ3v) is 6.28. The van der Waals surface area contributed by atoms with Gasteiger partial charge in [0.05, 0.1) is 11.3 Å². The number of pyridine rings is 1. The van der Waals surface area contributed by atoms with E-state index in [0.29, 0.717) is 54.9 Å². The quantitative estimate of drug-likeness (QED) is 0.452. The Morgan fingerprint density at radius 3 is 2.76 bits per heavy atom. The number of nitrogens with zero attached hydrogens (tertiary/aromatic N) is 7. The molecule has 9 nitrogen and oxygen atoms in total. The number of fused-ring (bicyclic) bond motifs is 2. The number of halogens is 1. The Balaban J connectivity index is 1.16. The predicted octanol–water partition coefficient (Wildman–Crippen LogP) is 3.01. The molecule has 170 valence electrons. The Morgan fingerprint density at radius 1 is 1.06 bits per heavy atom. The Kier molecular flexibility index (Phi) is 5.10. The molecule has 1 saturated heterocycles. The molecule has 0 spiro atoms. The standard InChI is InChI=1S/C24H20ClN7O2/c25-19-3-4-21-17(13-19)12-18(15-34-21)22(33)30-8-10-31(11-9-30)24-28-23-27-7-5-20(32(23)29-24)16-2-1-6-26-14-16/h1-7,13-15H,8-12H2. The summed E-state index contributed by atoms with van der Waals surface area (Å²) >= 11 is 6.10. The first kappa shape index (κ1) is 20.6. The van der Waals surface area contributed by atoms with Crippen molar-refractivity contribution in [1.29, 1.82) is 0 Å². The number of carbonyl (C=O) groups is 1. The van der Waals surface area contributed by atoms with Crippen LogP contribution in [0.15, 0.2) is 66.8 Å². The van der Waals surface area contributed by atoms with Crippen LogP contribution in [0.4, 0.5) is 5.95 Å². The highest BCUT2D eigenvalue weighted by molar-refractivity contribution is 6.30. The summed E-state index contributed by atoms with van der Waals surface area (Å²) in [4.78, 5) is 30.2. The van der Waals surface area contributed by atoms with Crippen molar-refractivity contribution in [3.05, 3.63) is 77.4 Å². The van der Waals surface area contributed by atoms with Crippen molar-refractivity contribution in [2.45, 2.75) is 6.42 Å². The van der Waals surface area contributed by atoms with E-state index in [-0.39, 0.29) is 5.91 Å². The zero-order chi connectivity index (χ0) is 23.1. The van der Waals surface area contributed by atoms with Crippen molar-refractivity contribution in [2.24, 2.45) is 0 Å². The van der Waals surface area contributed by atoms with Crippen molar-refractivity contribution >= 4 is 29.2 Å². The molecule has 1 aromatic carbocycles. The number of benzene rings is 1. The van der Waals surface area contributed by atoms with Crippen LogP contribution in [0.2, 0.25) is 5.02 Å². The summed E-state index contributed by atoms with van der Waals surface area (Å²) in [6, 6.07) is 11.2. The smallest absolute Gasteiger partial charge is 0.254 e. The van der Waals surface area contributed by atoms with Gasteiger partial charge in [-0.15, -0.1) is 5.10 Å². The van der Waals surface area contributed by atoms with E-state index in [1.54, 1.807) is 35.4 Å². The average molecular weight is 474 g/mol. The zero-order valence-corrected chi connectivity index (χ0v) is 18.9. The van der Waals surface area contributed by atoms with Crippen LogP contribution < -0.4 is 9.64 Å². The van der Waals surface area contributed by atoms with E-state index in [2.05, 4.69) is 19.9 Å². The van der Waals surface area contributed by atoms with Crippen molar-refractivity contribution in [2.75, 3.05) is 31.1 Å². The summed E-state index contributed by atoms with van der Waals surface area (Å²) in [6.45, 7) is 2.39. The maximum Gasteiger partial charge on any atom is 0.254 e. The fraction of sp³-hybridized carbons (Fsp3) is 0.208. The van der Waals surface area contributed by atoms with Crippen molar-refractivity contribution < 1.29 is 9.53 Å². The van der Waals surface area contributed by atoms with E-state index in [1.807, 2.05) is 35.2 Å². The fourth-order valence-electron chi connectivity index (χ4n) is 4.27. The first-order valence-electron chi connectivity index (χ1n) is 11.0. The minimum atomic E-state index is -0.0197. The Morgan fingerprint density at radius 2 is 1.94 bits per heavy atom. The van der Waals surface area contributed by atoms with Crippen LogP contribution >= 0.6 is 11.6 Å². The van der Waals surface area contributed by atoms with Gasteiger partial charge in [0.1, 0.15) is 12.0 Å². The lowest BCUT2D eigenvalue weighted by molar-refractivity contribution is -0.127. The Hall–Kier alpha value is -3.98. The average Bonchev–Trinajstić information content (AvgIpc) is 3.33. The van der Waals surface area contributed by atoms with Crippen LogP contribution in [0.3, 0.4) is 0 Å². The summed E-state index contributed by atoms with van der Waals surface area (Å²) in [7, 11) is 0. The zero-order valence-electron chi connectivity index (χ0n) is 18.1. The monoisotopic (exact) mass is 473 g/mol. The largest absolute Gasteiger partial charge is 0.464 e. The topological polar surface area (TPSA) is 88.8 Å². The first-order chi connectivity index (χ1) is 16.7. The van der Waals surface area contributed by atoms with Gasteiger partial charge in [-0.3, -0.25) is 9.78 Å². The molecular weight excluding hydrogens is 454 g/mol. The molecule has 2 aliphatic heterocycles. The van der Waals surface area contributed by atoms with Gasteiger partial charge >= 0.3 is 0 Å². The fourth-order valence-corrected chi connectivity index (χ4v) is 4.47. The molecule has 0 saturated carbocycles. The number of amides is 1. The number of aromatic nitrogens is 5. The van der Waals surface area contributed by atoms with Gasteiger partial charge in [-0.2, -0.15) is 9.50 Å². The molecule has 4 aromatic rings. The highest BCUT2D eigenvalue weighted by Gasteiger charge is 2.28. The summed E-state index contributed by atoms with van der Waals surface area (Å²) in [6.07, 6.45) is 7.30. The van der Waals surface area contributed by atoms with E-state index >= 15 is 0 Å². The number of ether oxygens (including phenoxy) is 1. The molecule has 10 heteroatoms. The number of anilines is 1. The third kappa shape index (κ3) is 3.73. The Bertz CT molecular complexity index is 1410. The molecule has 5 heterocycles. The maximum absolute atomic E-state index is 13.1.